The molecule has 5 N–H and O–H groups in total. The van der Waals surface area contributed by atoms with Crippen molar-refractivity contribution < 1.29 is 33.5 Å². The van der Waals surface area contributed by atoms with Gasteiger partial charge in [0.1, 0.15) is 17.9 Å². The maximum atomic E-state index is 12.4. The molecule has 1 amide bonds. The molecule has 31 heavy (non-hydrogen) atoms. The van der Waals surface area contributed by atoms with Gasteiger partial charge in [0.05, 0.1) is 12.7 Å². The van der Waals surface area contributed by atoms with Gasteiger partial charge < -0.3 is 24.9 Å². The number of aromatic amines is 1. The predicted molar refractivity (Wildman–Crippen MR) is 106 cm³/mol. The fourth-order valence-corrected chi connectivity index (χ4v) is 3.47. The zero-order valence-corrected chi connectivity index (χ0v) is 17.1. The molecular weight excluding hydrogens is 433 g/mol. The number of carbonyl (C=O) groups excluding carboxylic acids is 1. The Kier molecular flexibility index (Phi) is 7.21. The second-order valence-electron chi connectivity index (χ2n) is 6.92. The minimum atomic E-state index is -4.77. The number of aromatic nitrogens is 2. The van der Waals surface area contributed by atoms with Gasteiger partial charge in [-0.25, -0.2) is 9.36 Å². The van der Waals surface area contributed by atoms with Crippen LogP contribution in [-0.2, 0) is 20.2 Å². The summed E-state index contributed by atoms with van der Waals surface area (Å²) in [5.41, 5.74) is -1.06. The van der Waals surface area contributed by atoms with Gasteiger partial charge in [-0.15, -0.1) is 0 Å². The highest BCUT2D eigenvalue weighted by molar-refractivity contribution is 7.46. The number of aliphatic hydroxyl groups excluding tert-OH is 1. The topological polar surface area (TPSA) is 180 Å². The third-order valence-corrected chi connectivity index (χ3v) is 5.16. The summed E-state index contributed by atoms with van der Waals surface area (Å²) in [6.07, 6.45) is -1.90. The number of nitrogens with zero attached hydrogens (tertiary/aromatic N) is 1. The number of ether oxygens (including phenoxy) is 1. The smallest absolute Gasteiger partial charge is 0.390 e. The summed E-state index contributed by atoms with van der Waals surface area (Å²) in [5, 5.41) is 12.7. The van der Waals surface area contributed by atoms with Gasteiger partial charge in [-0.3, -0.25) is 23.7 Å². The zero-order chi connectivity index (χ0) is 22.6. The number of nitrogens with one attached hydrogen (secondary N) is 2. The van der Waals surface area contributed by atoms with Gasteiger partial charge in [0.15, 0.2) is 0 Å². The highest BCUT2D eigenvalue weighted by Gasteiger charge is 2.37. The van der Waals surface area contributed by atoms with E-state index in [1.165, 1.54) is 0 Å². The van der Waals surface area contributed by atoms with Crippen molar-refractivity contribution in [3.8, 4) is 0 Å². The molecule has 1 aliphatic heterocycles. The molecule has 1 fully saturated rings. The van der Waals surface area contributed by atoms with Crippen molar-refractivity contribution in [3.05, 3.63) is 68.5 Å². The number of phosphoric ester groups is 1. The van der Waals surface area contributed by atoms with Crippen LogP contribution in [0.1, 0.15) is 28.6 Å². The largest absolute Gasteiger partial charge is 0.469 e. The van der Waals surface area contributed by atoms with Gasteiger partial charge in [-0.2, -0.15) is 0 Å². The number of amides is 1. The monoisotopic (exact) mass is 455 g/mol. The Labute approximate surface area is 175 Å². The van der Waals surface area contributed by atoms with Crippen LogP contribution < -0.4 is 16.6 Å². The van der Waals surface area contributed by atoms with Crippen LogP contribution in [0.15, 0.2) is 46.1 Å². The van der Waals surface area contributed by atoms with Crippen LogP contribution in [0.25, 0.3) is 0 Å². The Hall–Kier alpha value is -2.60. The van der Waals surface area contributed by atoms with E-state index in [9.17, 15) is 24.1 Å². The molecule has 3 atom stereocenters. The molecule has 1 aromatic heterocycles. The SMILES string of the molecule is O=C(NCCc1ccccc1)c1cn([C@H]2C[C@H](O)[C@@H](COP(=O)(O)O)O2)c(=O)[nH]c1=O. The second-order valence-corrected chi connectivity index (χ2v) is 8.16. The van der Waals surface area contributed by atoms with E-state index in [1.54, 1.807) is 0 Å². The van der Waals surface area contributed by atoms with E-state index < -0.39 is 50.0 Å². The van der Waals surface area contributed by atoms with E-state index in [1.807, 2.05) is 35.3 Å². The van der Waals surface area contributed by atoms with Crippen LogP contribution in [-0.4, -0.2) is 55.7 Å². The molecule has 0 saturated carbocycles. The van der Waals surface area contributed by atoms with Crippen molar-refractivity contribution in [1.29, 1.82) is 0 Å². The summed E-state index contributed by atoms with van der Waals surface area (Å²) in [4.78, 5) is 56.3. The summed E-state index contributed by atoms with van der Waals surface area (Å²) >= 11 is 0. The number of hydrogen-bond acceptors (Lipinski definition) is 7. The average Bonchev–Trinajstić information content (AvgIpc) is 3.07. The quantitative estimate of drug-likeness (QED) is 0.321. The van der Waals surface area contributed by atoms with Crippen LogP contribution >= 0.6 is 7.82 Å². The Morgan fingerprint density at radius 1 is 1.29 bits per heavy atom. The first kappa shape index (κ1) is 23.1. The van der Waals surface area contributed by atoms with Crippen LogP contribution in [0.5, 0.6) is 0 Å². The van der Waals surface area contributed by atoms with E-state index in [0.717, 1.165) is 16.3 Å². The third-order valence-electron chi connectivity index (χ3n) is 4.68. The lowest BCUT2D eigenvalue weighted by Gasteiger charge is -2.17. The van der Waals surface area contributed by atoms with Gasteiger partial charge >= 0.3 is 13.5 Å². The molecule has 12 nitrogen and oxygen atoms in total. The molecule has 168 valence electrons. The van der Waals surface area contributed by atoms with Crippen molar-refractivity contribution >= 4 is 13.7 Å². The number of rotatable bonds is 8. The first-order valence-corrected chi connectivity index (χ1v) is 10.9. The molecule has 0 unspecified atom stereocenters. The third kappa shape index (κ3) is 6.20. The molecule has 0 bridgehead atoms. The number of hydrogen-bond donors (Lipinski definition) is 5. The van der Waals surface area contributed by atoms with Crippen molar-refractivity contribution in [2.45, 2.75) is 31.3 Å². The summed E-state index contributed by atoms with van der Waals surface area (Å²) in [7, 11) is -4.77. The number of aliphatic hydroxyl groups is 1. The molecular formula is C18H22N3O9P. The van der Waals surface area contributed by atoms with E-state index in [-0.39, 0.29) is 18.5 Å². The molecule has 1 saturated heterocycles. The van der Waals surface area contributed by atoms with Crippen molar-refractivity contribution in [2.75, 3.05) is 13.2 Å². The zero-order valence-electron chi connectivity index (χ0n) is 16.2. The molecule has 3 rings (SSSR count). The second kappa shape index (κ2) is 9.69. The predicted octanol–water partition coefficient (Wildman–Crippen LogP) is -0.733. The van der Waals surface area contributed by atoms with Crippen LogP contribution in [0.2, 0.25) is 0 Å². The van der Waals surface area contributed by atoms with E-state index in [2.05, 4.69) is 9.84 Å². The van der Waals surface area contributed by atoms with Gasteiger partial charge in [0, 0.05) is 19.2 Å². The molecule has 0 spiro atoms. The maximum absolute atomic E-state index is 12.4. The standard InChI is InChI=1S/C18H22N3O9P/c22-13-8-15(30-14(13)10-29-31(26,27)28)21-9-12(17(24)20-18(21)25)16(23)19-7-6-11-4-2-1-3-5-11/h1-5,9,13-15,22H,6-8,10H2,(H,19,23)(H,20,24,25)(H2,26,27,28)/t13-,14+,15+/m0/s1. The average molecular weight is 455 g/mol. The lowest BCUT2D eigenvalue weighted by Crippen LogP contribution is -2.38. The molecule has 0 aliphatic carbocycles. The first-order chi connectivity index (χ1) is 14.6. The Morgan fingerprint density at radius 3 is 2.68 bits per heavy atom. The fourth-order valence-electron chi connectivity index (χ4n) is 3.13. The number of carbonyl (C=O) groups is 1. The minimum Gasteiger partial charge on any atom is -0.390 e. The Morgan fingerprint density at radius 2 is 2.00 bits per heavy atom. The van der Waals surface area contributed by atoms with Crippen molar-refractivity contribution in [3.63, 3.8) is 0 Å². The number of phosphoric acid groups is 1. The summed E-state index contributed by atoms with van der Waals surface area (Å²) in [6, 6.07) is 9.40. The molecule has 2 aromatic rings. The molecule has 2 heterocycles. The van der Waals surface area contributed by atoms with E-state index in [4.69, 9.17) is 14.5 Å². The van der Waals surface area contributed by atoms with Gasteiger partial charge in [0.2, 0.25) is 0 Å². The first-order valence-electron chi connectivity index (χ1n) is 9.35. The highest BCUT2D eigenvalue weighted by atomic mass is 31.2. The minimum absolute atomic E-state index is 0.115. The van der Waals surface area contributed by atoms with Gasteiger partial charge in [-0.05, 0) is 12.0 Å². The Balaban J connectivity index is 1.69. The van der Waals surface area contributed by atoms with Crippen molar-refractivity contribution in [1.82, 2.24) is 14.9 Å². The van der Waals surface area contributed by atoms with Gasteiger partial charge in [0.25, 0.3) is 11.5 Å². The van der Waals surface area contributed by atoms with Gasteiger partial charge in [-0.1, -0.05) is 30.3 Å². The normalized spacial score (nSPS) is 21.2. The van der Waals surface area contributed by atoms with Crippen molar-refractivity contribution in [2.24, 2.45) is 0 Å². The lowest BCUT2D eigenvalue weighted by atomic mass is 10.1. The highest BCUT2D eigenvalue weighted by Crippen LogP contribution is 2.38. The number of benzene rings is 1. The summed E-state index contributed by atoms with van der Waals surface area (Å²) < 4.78 is 21.5. The summed E-state index contributed by atoms with van der Waals surface area (Å²) in [5.74, 6) is -0.689. The van der Waals surface area contributed by atoms with E-state index >= 15 is 0 Å². The molecule has 1 aromatic carbocycles. The molecule has 13 heteroatoms. The molecule has 1 aliphatic rings. The molecule has 0 radical (unpaired) electrons. The Bertz CT molecular complexity index is 1080. The van der Waals surface area contributed by atoms with E-state index in [0.29, 0.717) is 6.42 Å². The fraction of sp³-hybridized carbons (Fsp3) is 0.389. The van der Waals surface area contributed by atoms with Crippen LogP contribution in [0.4, 0.5) is 0 Å². The maximum Gasteiger partial charge on any atom is 0.469 e. The number of H-pyrrole nitrogens is 1. The lowest BCUT2D eigenvalue weighted by molar-refractivity contribution is -0.0451. The summed E-state index contributed by atoms with van der Waals surface area (Å²) in [6.45, 7) is -0.339. The van der Waals surface area contributed by atoms with Crippen LogP contribution in [0.3, 0.4) is 0 Å². The van der Waals surface area contributed by atoms with Crippen LogP contribution in [0, 0.1) is 0 Å².